The lowest BCUT2D eigenvalue weighted by molar-refractivity contribution is -0.137. The quantitative estimate of drug-likeness (QED) is 0.729. The fourth-order valence-corrected chi connectivity index (χ4v) is 2.92. The molecule has 1 amide bonds. The van der Waals surface area contributed by atoms with Gasteiger partial charge in [-0.05, 0) is 39.3 Å². The van der Waals surface area contributed by atoms with E-state index in [1.54, 1.807) is 0 Å². The van der Waals surface area contributed by atoms with E-state index in [0.29, 0.717) is 12.5 Å². The van der Waals surface area contributed by atoms with Crippen LogP contribution in [0.2, 0.25) is 0 Å². The molecule has 0 bridgehead atoms. The largest absolute Gasteiger partial charge is 0.378 e. The van der Waals surface area contributed by atoms with Gasteiger partial charge in [0.05, 0.1) is 18.6 Å². The molecule has 0 spiro atoms. The first-order valence-electron chi connectivity index (χ1n) is 7.53. The normalized spacial score (nSPS) is 28.8. The van der Waals surface area contributed by atoms with Gasteiger partial charge in [0.25, 0.3) is 0 Å². The molecule has 2 aliphatic heterocycles. The highest BCUT2D eigenvalue weighted by Gasteiger charge is 2.32. The second-order valence-corrected chi connectivity index (χ2v) is 5.74. The highest BCUT2D eigenvalue weighted by molar-refractivity contribution is 5.79. The van der Waals surface area contributed by atoms with E-state index in [-0.39, 0.29) is 12.0 Å². The summed E-state index contributed by atoms with van der Waals surface area (Å²) in [4.78, 5) is 16.8. The van der Waals surface area contributed by atoms with Gasteiger partial charge in [0.15, 0.2) is 0 Å². The molecular formula is C14H27N3O2. The summed E-state index contributed by atoms with van der Waals surface area (Å²) in [6.45, 7) is 8.28. The molecule has 0 aliphatic carbocycles. The van der Waals surface area contributed by atoms with Gasteiger partial charge in [-0.25, -0.2) is 0 Å². The van der Waals surface area contributed by atoms with Gasteiger partial charge in [-0.2, -0.15) is 0 Å². The number of amides is 1. The minimum Gasteiger partial charge on any atom is -0.378 e. The van der Waals surface area contributed by atoms with Crippen molar-refractivity contribution < 1.29 is 9.53 Å². The third-order valence-electron chi connectivity index (χ3n) is 4.16. The van der Waals surface area contributed by atoms with Crippen molar-refractivity contribution in [2.45, 2.75) is 32.3 Å². The van der Waals surface area contributed by atoms with E-state index in [2.05, 4.69) is 4.90 Å². The summed E-state index contributed by atoms with van der Waals surface area (Å²) in [6.07, 6.45) is 3.39. The van der Waals surface area contributed by atoms with Crippen molar-refractivity contribution in [1.29, 1.82) is 0 Å². The standard InChI is InChI=1S/C14H27N3O2/c1-12-10-13(11-19-12)14(18)17-8-6-16(7-9-17)5-3-2-4-15/h12-13H,2-11,15H2,1H3. The first-order valence-corrected chi connectivity index (χ1v) is 7.53. The van der Waals surface area contributed by atoms with Crippen molar-refractivity contribution in [3.8, 4) is 0 Å². The molecule has 0 radical (unpaired) electrons. The molecule has 2 unspecified atom stereocenters. The Morgan fingerprint density at radius 2 is 2.00 bits per heavy atom. The van der Waals surface area contributed by atoms with Crippen molar-refractivity contribution in [3.05, 3.63) is 0 Å². The number of carbonyl (C=O) groups is 1. The molecule has 2 atom stereocenters. The fraction of sp³-hybridized carbons (Fsp3) is 0.929. The summed E-state index contributed by atoms with van der Waals surface area (Å²) in [5.41, 5.74) is 5.50. The Balaban J connectivity index is 1.69. The summed E-state index contributed by atoms with van der Waals surface area (Å²) in [5.74, 6) is 0.393. The molecule has 0 saturated carbocycles. The summed E-state index contributed by atoms with van der Waals surface area (Å²) >= 11 is 0. The number of nitrogens with zero attached hydrogens (tertiary/aromatic N) is 2. The minimum atomic E-state index is 0.0961. The van der Waals surface area contributed by atoms with E-state index in [1.807, 2.05) is 11.8 Å². The van der Waals surface area contributed by atoms with E-state index < -0.39 is 0 Å². The molecule has 0 aromatic rings. The zero-order chi connectivity index (χ0) is 13.7. The van der Waals surface area contributed by atoms with Crippen LogP contribution < -0.4 is 5.73 Å². The number of hydrogen-bond donors (Lipinski definition) is 1. The Kier molecular flexibility index (Phi) is 5.60. The van der Waals surface area contributed by atoms with Gasteiger partial charge in [0.1, 0.15) is 0 Å². The fourth-order valence-electron chi connectivity index (χ4n) is 2.92. The lowest BCUT2D eigenvalue weighted by Crippen LogP contribution is -2.50. The van der Waals surface area contributed by atoms with Crippen molar-refractivity contribution >= 4 is 5.91 Å². The molecule has 5 nitrogen and oxygen atoms in total. The molecule has 19 heavy (non-hydrogen) atoms. The third kappa shape index (κ3) is 4.16. The van der Waals surface area contributed by atoms with E-state index >= 15 is 0 Å². The molecule has 5 heteroatoms. The van der Waals surface area contributed by atoms with Gasteiger partial charge in [0, 0.05) is 26.2 Å². The predicted molar refractivity (Wildman–Crippen MR) is 74.8 cm³/mol. The molecule has 110 valence electrons. The SMILES string of the molecule is CC1CC(C(=O)N2CCN(CCCCN)CC2)CO1. The van der Waals surface area contributed by atoms with Crippen LogP contribution >= 0.6 is 0 Å². The second-order valence-electron chi connectivity index (χ2n) is 5.74. The molecule has 2 saturated heterocycles. The summed E-state index contributed by atoms with van der Waals surface area (Å²) in [7, 11) is 0. The van der Waals surface area contributed by atoms with Crippen LogP contribution in [0, 0.1) is 5.92 Å². The summed E-state index contributed by atoms with van der Waals surface area (Å²) in [6, 6.07) is 0. The summed E-state index contributed by atoms with van der Waals surface area (Å²) in [5, 5.41) is 0. The number of nitrogens with two attached hydrogens (primary N) is 1. The number of piperazine rings is 1. The lowest BCUT2D eigenvalue weighted by atomic mass is 10.0. The predicted octanol–water partition coefficient (Wildman–Crippen LogP) is 0.295. The van der Waals surface area contributed by atoms with Crippen LogP contribution in [0.5, 0.6) is 0 Å². The first kappa shape index (κ1) is 14.8. The molecule has 0 aromatic carbocycles. The van der Waals surface area contributed by atoms with Crippen molar-refractivity contribution in [3.63, 3.8) is 0 Å². The van der Waals surface area contributed by atoms with Gasteiger partial charge < -0.3 is 15.4 Å². The Labute approximate surface area is 116 Å². The van der Waals surface area contributed by atoms with Crippen LogP contribution in [0.1, 0.15) is 26.2 Å². The van der Waals surface area contributed by atoms with Crippen LogP contribution in [-0.4, -0.2) is 67.7 Å². The first-order chi connectivity index (χ1) is 9.20. The van der Waals surface area contributed by atoms with Crippen molar-refractivity contribution in [1.82, 2.24) is 9.80 Å². The van der Waals surface area contributed by atoms with E-state index in [0.717, 1.165) is 52.1 Å². The Morgan fingerprint density at radius 3 is 2.58 bits per heavy atom. The molecule has 2 fully saturated rings. The molecule has 2 N–H and O–H groups in total. The Bertz CT molecular complexity index is 290. The van der Waals surface area contributed by atoms with Crippen molar-refractivity contribution in [2.24, 2.45) is 11.7 Å². The van der Waals surface area contributed by atoms with Crippen LogP contribution in [0.4, 0.5) is 0 Å². The molecule has 2 aliphatic rings. The van der Waals surface area contributed by atoms with E-state index in [9.17, 15) is 4.79 Å². The van der Waals surface area contributed by atoms with Crippen LogP contribution in [0.25, 0.3) is 0 Å². The maximum absolute atomic E-state index is 12.3. The molecule has 0 aromatic heterocycles. The number of ether oxygens (including phenoxy) is 1. The Morgan fingerprint density at radius 1 is 1.26 bits per heavy atom. The monoisotopic (exact) mass is 269 g/mol. The third-order valence-corrected chi connectivity index (χ3v) is 4.16. The van der Waals surface area contributed by atoms with Gasteiger partial charge in [-0.1, -0.05) is 0 Å². The van der Waals surface area contributed by atoms with Crippen LogP contribution in [-0.2, 0) is 9.53 Å². The molecule has 2 heterocycles. The molecular weight excluding hydrogens is 242 g/mol. The number of unbranched alkanes of at least 4 members (excludes halogenated alkanes) is 1. The smallest absolute Gasteiger partial charge is 0.228 e. The highest BCUT2D eigenvalue weighted by Crippen LogP contribution is 2.21. The minimum absolute atomic E-state index is 0.0961. The van der Waals surface area contributed by atoms with Crippen LogP contribution in [0.3, 0.4) is 0 Å². The second kappa shape index (κ2) is 7.22. The van der Waals surface area contributed by atoms with Crippen molar-refractivity contribution in [2.75, 3.05) is 45.9 Å². The van der Waals surface area contributed by atoms with Gasteiger partial charge in [-0.15, -0.1) is 0 Å². The lowest BCUT2D eigenvalue weighted by Gasteiger charge is -2.35. The van der Waals surface area contributed by atoms with Gasteiger partial charge >= 0.3 is 0 Å². The van der Waals surface area contributed by atoms with Crippen LogP contribution in [0.15, 0.2) is 0 Å². The van der Waals surface area contributed by atoms with E-state index in [4.69, 9.17) is 10.5 Å². The Hall–Kier alpha value is -0.650. The average molecular weight is 269 g/mol. The zero-order valence-corrected chi connectivity index (χ0v) is 12.0. The highest BCUT2D eigenvalue weighted by atomic mass is 16.5. The van der Waals surface area contributed by atoms with Gasteiger partial charge in [-0.3, -0.25) is 9.69 Å². The van der Waals surface area contributed by atoms with Gasteiger partial charge in [0.2, 0.25) is 5.91 Å². The number of rotatable bonds is 5. The number of hydrogen-bond acceptors (Lipinski definition) is 4. The maximum atomic E-state index is 12.3. The zero-order valence-electron chi connectivity index (χ0n) is 12.0. The number of carbonyl (C=O) groups excluding carboxylic acids is 1. The average Bonchev–Trinajstić information content (AvgIpc) is 2.86. The summed E-state index contributed by atoms with van der Waals surface area (Å²) < 4.78 is 5.49. The maximum Gasteiger partial charge on any atom is 0.228 e. The molecule has 2 rings (SSSR count). The van der Waals surface area contributed by atoms with E-state index in [1.165, 1.54) is 6.42 Å². The topological polar surface area (TPSA) is 58.8 Å².